The van der Waals surface area contributed by atoms with Gasteiger partial charge in [0, 0.05) is 11.8 Å². The summed E-state index contributed by atoms with van der Waals surface area (Å²) >= 11 is 5.78. The first-order valence-electron chi connectivity index (χ1n) is 8.25. The minimum absolute atomic E-state index is 0.172. The van der Waals surface area contributed by atoms with Crippen LogP contribution in [0.2, 0.25) is 5.15 Å². The van der Waals surface area contributed by atoms with Crippen molar-refractivity contribution in [2.24, 2.45) is 4.40 Å². The molecule has 1 aromatic heterocycles. The summed E-state index contributed by atoms with van der Waals surface area (Å²) in [5, 5.41) is 2.05. The minimum atomic E-state index is -3.96. The number of rotatable bonds is 3. The summed E-state index contributed by atoms with van der Waals surface area (Å²) in [6.07, 6.45) is 1.39. The van der Waals surface area contributed by atoms with Crippen LogP contribution in [-0.4, -0.2) is 25.0 Å². The van der Waals surface area contributed by atoms with E-state index in [2.05, 4.69) is 14.7 Å². The van der Waals surface area contributed by atoms with Crippen molar-refractivity contribution in [1.29, 1.82) is 0 Å². The highest BCUT2D eigenvalue weighted by molar-refractivity contribution is 7.90. The van der Waals surface area contributed by atoms with Crippen LogP contribution in [0.25, 0.3) is 0 Å². The van der Waals surface area contributed by atoms with Crippen LogP contribution in [0.15, 0.2) is 47.0 Å². The molecule has 6 nitrogen and oxygen atoms in total. The predicted octanol–water partition coefficient (Wildman–Crippen LogP) is 3.76. The lowest BCUT2D eigenvalue weighted by molar-refractivity contribution is 0.0767. The van der Waals surface area contributed by atoms with E-state index in [0.29, 0.717) is 11.1 Å². The Balaban J connectivity index is 1.92. The second-order valence-electron chi connectivity index (χ2n) is 6.80. The van der Waals surface area contributed by atoms with Gasteiger partial charge < -0.3 is 10.1 Å². The zero-order valence-corrected chi connectivity index (χ0v) is 16.6. The zero-order chi connectivity index (χ0) is 19.8. The molecule has 1 aliphatic rings. The number of hydrogen-bond acceptors (Lipinski definition) is 5. The number of benzene rings is 1. The van der Waals surface area contributed by atoms with Gasteiger partial charge in [-0.2, -0.15) is 0 Å². The Bertz CT molecular complexity index is 978. The summed E-state index contributed by atoms with van der Waals surface area (Å²) in [6.45, 7) is 4.99. The maximum Gasteiger partial charge on any atom is 0.301 e. The molecule has 0 amide bonds. The van der Waals surface area contributed by atoms with Crippen LogP contribution in [0.3, 0.4) is 0 Å². The Labute approximate surface area is 162 Å². The molecule has 1 aromatic carbocycles. The molecule has 1 unspecified atom stereocenters. The van der Waals surface area contributed by atoms with Gasteiger partial charge in [0.05, 0.1) is 6.04 Å². The van der Waals surface area contributed by atoms with Crippen LogP contribution < -0.4 is 5.32 Å². The van der Waals surface area contributed by atoms with Crippen molar-refractivity contribution in [3.05, 3.63) is 64.7 Å². The smallest absolute Gasteiger partial charge is 0.301 e. The van der Waals surface area contributed by atoms with Crippen LogP contribution in [-0.2, 0) is 14.8 Å². The molecule has 0 fully saturated rings. The summed E-state index contributed by atoms with van der Waals surface area (Å²) in [4.78, 5) is 3.94. The van der Waals surface area contributed by atoms with Gasteiger partial charge in [0.1, 0.15) is 21.8 Å². The number of sulfonamides is 1. The molecule has 3 rings (SSSR count). The Kier molecular flexibility index (Phi) is 5.14. The Morgan fingerprint density at radius 2 is 1.96 bits per heavy atom. The van der Waals surface area contributed by atoms with E-state index < -0.39 is 32.7 Å². The van der Waals surface area contributed by atoms with Gasteiger partial charge in [0.25, 0.3) is 10.0 Å². The number of hydrogen-bond donors (Lipinski definition) is 1. The third-order valence-electron chi connectivity index (χ3n) is 4.26. The van der Waals surface area contributed by atoms with E-state index in [-0.39, 0.29) is 11.2 Å². The average Bonchev–Trinajstić information content (AvgIpc) is 2.55. The lowest BCUT2D eigenvalue weighted by atomic mass is 9.99. The second-order valence-corrected chi connectivity index (χ2v) is 8.87. The quantitative estimate of drug-likeness (QED) is 0.778. The fourth-order valence-corrected chi connectivity index (χ4v) is 4.90. The Morgan fingerprint density at radius 1 is 1.26 bits per heavy atom. The molecule has 1 aliphatic heterocycles. The van der Waals surface area contributed by atoms with Crippen molar-refractivity contribution in [3.8, 4) is 0 Å². The first-order valence-corrected chi connectivity index (χ1v) is 10.1. The number of pyridine rings is 1. The van der Waals surface area contributed by atoms with E-state index in [1.807, 2.05) is 0 Å². The highest BCUT2D eigenvalue weighted by atomic mass is 35.5. The monoisotopic (exact) mass is 411 g/mol. The van der Waals surface area contributed by atoms with Crippen molar-refractivity contribution >= 4 is 27.6 Å². The van der Waals surface area contributed by atoms with E-state index in [9.17, 15) is 12.8 Å². The topological polar surface area (TPSA) is 80.7 Å². The van der Waals surface area contributed by atoms with Gasteiger partial charge in [-0.25, -0.2) is 17.8 Å². The minimum Gasteiger partial charge on any atom is -0.457 e. The first kappa shape index (κ1) is 19.6. The summed E-state index contributed by atoms with van der Waals surface area (Å²) < 4.78 is 49.2. The van der Waals surface area contributed by atoms with E-state index in [1.54, 1.807) is 45.0 Å². The summed E-state index contributed by atoms with van der Waals surface area (Å²) in [5.41, 5.74) is -0.328. The third-order valence-corrected chi connectivity index (χ3v) is 6.34. The van der Waals surface area contributed by atoms with Crippen molar-refractivity contribution in [2.45, 2.75) is 37.7 Å². The number of ether oxygens (including phenoxy) is 1. The Hall–Kier alpha value is -2.19. The molecule has 0 radical (unpaired) electrons. The number of halogens is 2. The zero-order valence-electron chi connectivity index (χ0n) is 15.0. The van der Waals surface area contributed by atoms with Crippen LogP contribution in [0, 0.1) is 5.82 Å². The molecule has 1 N–H and O–H groups in total. The van der Waals surface area contributed by atoms with Gasteiger partial charge in [0.15, 0.2) is 0 Å². The first-order chi connectivity index (χ1) is 12.6. The predicted molar refractivity (Wildman–Crippen MR) is 101 cm³/mol. The highest BCUT2D eigenvalue weighted by Gasteiger charge is 2.47. The number of nitrogens with one attached hydrogen (secondary N) is 1. The van der Waals surface area contributed by atoms with Gasteiger partial charge in [-0.3, -0.25) is 0 Å². The molecule has 2 atom stereocenters. The lowest BCUT2D eigenvalue weighted by Gasteiger charge is -2.37. The maximum absolute atomic E-state index is 14.0. The van der Waals surface area contributed by atoms with Crippen LogP contribution in [0.4, 0.5) is 4.39 Å². The van der Waals surface area contributed by atoms with Gasteiger partial charge in [0.2, 0.25) is 0 Å². The molecule has 2 heterocycles. The fraction of sp³-hybridized carbons (Fsp3) is 0.333. The molecule has 0 bridgehead atoms. The fourth-order valence-electron chi connectivity index (χ4n) is 3.11. The van der Waals surface area contributed by atoms with Crippen LogP contribution in [0.5, 0.6) is 0 Å². The van der Waals surface area contributed by atoms with Crippen molar-refractivity contribution in [1.82, 2.24) is 10.3 Å². The molecule has 9 heteroatoms. The van der Waals surface area contributed by atoms with Crippen molar-refractivity contribution in [2.75, 3.05) is 0 Å². The van der Waals surface area contributed by atoms with Crippen molar-refractivity contribution in [3.63, 3.8) is 0 Å². The Morgan fingerprint density at radius 3 is 2.56 bits per heavy atom. The number of nitrogens with zero attached hydrogens (tertiary/aromatic N) is 2. The highest BCUT2D eigenvalue weighted by Crippen LogP contribution is 2.40. The summed E-state index contributed by atoms with van der Waals surface area (Å²) in [7, 11) is -3.96. The molecular weight excluding hydrogens is 393 g/mol. The standard InChI is InChI=1S/C18H19ClFN3O3S/c1-11(13-6-4-5-7-14(13)20)22-17-23-27(24,25)16(18(2,3)26-17)12-8-9-15(19)21-10-12/h4-11,16H,1-3H3,(H,22,23)/t11-,16?/m0/s1. The lowest BCUT2D eigenvalue weighted by Crippen LogP contribution is -2.47. The summed E-state index contributed by atoms with van der Waals surface area (Å²) in [5.74, 6) is -0.402. The third kappa shape index (κ3) is 4.06. The van der Waals surface area contributed by atoms with E-state index >= 15 is 0 Å². The van der Waals surface area contributed by atoms with E-state index in [0.717, 1.165) is 0 Å². The van der Waals surface area contributed by atoms with Gasteiger partial charge in [-0.05, 0) is 38.5 Å². The number of amidine groups is 1. The van der Waals surface area contributed by atoms with E-state index in [1.165, 1.54) is 18.3 Å². The molecule has 144 valence electrons. The second kappa shape index (κ2) is 7.09. The van der Waals surface area contributed by atoms with Gasteiger partial charge in [-0.15, -0.1) is 4.40 Å². The normalized spacial score (nSPS) is 21.7. The molecular formula is C18H19ClFN3O3S. The van der Waals surface area contributed by atoms with Crippen LogP contribution >= 0.6 is 11.6 Å². The van der Waals surface area contributed by atoms with E-state index in [4.69, 9.17) is 16.3 Å². The SMILES string of the molecule is C[C@H](NC1=NS(=O)(=O)C(c2ccc(Cl)nc2)C(C)(C)O1)c1ccccc1F. The summed E-state index contributed by atoms with van der Waals surface area (Å²) in [6, 6.07) is 8.61. The average molecular weight is 412 g/mol. The van der Waals surface area contributed by atoms with Crippen molar-refractivity contribution < 1.29 is 17.5 Å². The molecule has 27 heavy (non-hydrogen) atoms. The van der Waals surface area contributed by atoms with Gasteiger partial charge in [-0.1, -0.05) is 35.9 Å². The molecule has 0 aliphatic carbocycles. The number of aromatic nitrogens is 1. The maximum atomic E-state index is 14.0. The molecule has 0 saturated carbocycles. The molecule has 2 aromatic rings. The van der Waals surface area contributed by atoms with Gasteiger partial charge >= 0.3 is 6.02 Å². The van der Waals surface area contributed by atoms with Crippen LogP contribution in [0.1, 0.15) is 43.2 Å². The molecule has 0 spiro atoms. The largest absolute Gasteiger partial charge is 0.457 e. The molecule has 0 saturated heterocycles.